The highest BCUT2D eigenvalue weighted by Gasteiger charge is 2.09. The van der Waals surface area contributed by atoms with E-state index in [0.29, 0.717) is 10.2 Å². The summed E-state index contributed by atoms with van der Waals surface area (Å²) in [4.78, 5) is 11.1. The number of hydrogen-bond acceptors (Lipinski definition) is 2. The predicted octanol–water partition coefficient (Wildman–Crippen LogP) is 3.49. The highest BCUT2D eigenvalue weighted by atomic mass is 79.9. The summed E-state index contributed by atoms with van der Waals surface area (Å²) in [5.41, 5.74) is 1.88. The van der Waals surface area contributed by atoms with Crippen LogP contribution in [0, 0.1) is 0 Å². The lowest BCUT2D eigenvalue weighted by molar-refractivity contribution is 0.0697. The van der Waals surface area contributed by atoms with E-state index in [-0.39, 0.29) is 5.56 Å². The van der Waals surface area contributed by atoms with E-state index in [1.807, 2.05) is 30.3 Å². The molecule has 0 unspecified atom stereocenters. The van der Waals surface area contributed by atoms with Crippen molar-refractivity contribution in [2.45, 2.75) is 0 Å². The molecule has 0 amide bonds. The second-order valence-corrected chi connectivity index (χ2v) is 5.03. The van der Waals surface area contributed by atoms with Crippen LogP contribution in [0.2, 0.25) is 0 Å². The number of hydrogen-bond donors (Lipinski definition) is 1. The molecule has 3 aromatic rings. The Hall–Kier alpha value is -2.14. The van der Waals surface area contributed by atoms with E-state index in [4.69, 9.17) is 5.11 Å². The molecule has 0 bridgehead atoms. The summed E-state index contributed by atoms with van der Waals surface area (Å²) in [7, 11) is 0. The molecular weight excluding hydrogens is 308 g/mol. The molecule has 0 fully saturated rings. The van der Waals surface area contributed by atoms with Crippen LogP contribution in [0.1, 0.15) is 10.4 Å². The third kappa shape index (κ3) is 2.13. The first kappa shape index (κ1) is 11.9. The Kier molecular flexibility index (Phi) is 2.83. The number of fused-ring (bicyclic) bond motifs is 1. The van der Waals surface area contributed by atoms with Crippen molar-refractivity contribution in [2.75, 3.05) is 0 Å². The molecule has 0 saturated heterocycles. The van der Waals surface area contributed by atoms with Crippen LogP contribution in [-0.4, -0.2) is 20.9 Å². The van der Waals surface area contributed by atoms with Gasteiger partial charge in [-0.25, -0.2) is 9.48 Å². The van der Waals surface area contributed by atoms with E-state index in [0.717, 1.165) is 10.9 Å². The number of carboxylic acids is 1. The van der Waals surface area contributed by atoms with Gasteiger partial charge in [0.05, 0.1) is 23.0 Å². The molecule has 0 radical (unpaired) electrons. The van der Waals surface area contributed by atoms with Gasteiger partial charge in [0.15, 0.2) is 0 Å². The Balaban J connectivity index is 2.24. The minimum atomic E-state index is -0.959. The van der Waals surface area contributed by atoms with E-state index >= 15 is 0 Å². The maximum atomic E-state index is 11.1. The van der Waals surface area contributed by atoms with Gasteiger partial charge >= 0.3 is 5.97 Å². The normalized spacial score (nSPS) is 10.8. The van der Waals surface area contributed by atoms with Crippen molar-refractivity contribution in [3.05, 3.63) is 58.7 Å². The van der Waals surface area contributed by atoms with Crippen LogP contribution < -0.4 is 0 Å². The Labute approximate surface area is 117 Å². The lowest BCUT2D eigenvalue weighted by Crippen LogP contribution is -2.01. The first-order chi connectivity index (χ1) is 9.15. The number of rotatable bonds is 2. The summed E-state index contributed by atoms with van der Waals surface area (Å²) in [5, 5.41) is 14.4. The molecule has 94 valence electrons. The van der Waals surface area contributed by atoms with E-state index in [1.54, 1.807) is 23.0 Å². The van der Waals surface area contributed by atoms with Crippen molar-refractivity contribution in [1.82, 2.24) is 9.78 Å². The van der Waals surface area contributed by atoms with Crippen molar-refractivity contribution < 1.29 is 9.90 Å². The van der Waals surface area contributed by atoms with E-state index in [9.17, 15) is 4.79 Å². The molecule has 0 aliphatic rings. The minimum absolute atomic E-state index is 0.226. The van der Waals surface area contributed by atoms with Crippen molar-refractivity contribution in [3.63, 3.8) is 0 Å². The molecule has 5 heteroatoms. The van der Waals surface area contributed by atoms with E-state index < -0.39 is 5.97 Å². The molecule has 1 heterocycles. The van der Waals surface area contributed by atoms with Crippen molar-refractivity contribution in [1.29, 1.82) is 0 Å². The predicted molar refractivity (Wildman–Crippen MR) is 75.7 cm³/mol. The zero-order chi connectivity index (χ0) is 13.4. The zero-order valence-corrected chi connectivity index (χ0v) is 11.3. The number of carbonyl (C=O) groups is 1. The van der Waals surface area contributed by atoms with Gasteiger partial charge in [-0.3, -0.25) is 0 Å². The average Bonchev–Trinajstić information content (AvgIpc) is 2.81. The summed E-state index contributed by atoms with van der Waals surface area (Å²) in [6, 6.07) is 12.8. The molecule has 0 aliphatic carbocycles. The van der Waals surface area contributed by atoms with E-state index in [2.05, 4.69) is 21.0 Å². The molecule has 0 saturated carbocycles. The maximum Gasteiger partial charge on any atom is 0.335 e. The summed E-state index contributed by atoms with van der Waals surface area (Å²) < 4.78 is 2.44. The Morgan fingerprint density at radius 1 is 1.21 bits per heavy atom. The number of para-hydroxylation sites is 1. The monoisotopic (exact) mass is 316 g/mol. The van der Waals surface area contributed by atoms with Crippen molar-refractivity contribution >= 4 is 32.8 Å². The molecule has 0 aliphatic heterocycles. The summed E-state index contributed by atoms with van der Waals surface area (Å²) >= 11 is 3.33. The molecule has 4 nitrogen and oxygen atoms in total. The second kappa shape index (κ2) is 4.51. The van der Waals surface area contributed by atoms with Crippen LogP contribution in [0.4, 0.5) is 0 Å². The number of aromatic carboxylic acids is 1. The summed E-state index contributed by atoms with van der Waals surface area (Å²) in [5.74, 6) is -0.959. The number of aromatic nitrogens is 2. The molecule has 19 heavy (non-hydrogen) atoms. The van der Waals surface area contributed by atoms with Gasteiger partial charge in [-0.2, -0.15) is 5.10 Å². The van der Waals surface area contributed by atoms with E-state index in [1.165, 1.54) is 0 Å². The van der Waals surface area contributed by atoms with Crippen LogP contribution >= 0.6 is 15.9 Å². The second-order valence-electron chi connectivity index (χ2n) is 4.12. The van der Waals surface area contributed by atoms with Gasteiger partial charge in [0.1, 0.15) is 0 Å². The fourth-order valence-electron chi connectivity index (χ4n) is 2.00. The highest BCUT2D eigenvalue weighted by molar-refractivity contribution is 9.10. The number of carboxylic acid groups (broad SMARTS) is 1. The topological polar surface area (TPSA) is 55.1 Å². The molecule has 0 atom stereocenters. The average molecular weight is 317 g/mol. The largest absolute Gasteiger partial charge is 0.478 e. The Bertz CT molecular complexity index is 780. The van der Waals surface area contributed by atoms with Crippen LogP contribution in [0.5, 0.6) is 0 Å². The van der Waals surface area contributed by atoms with Crippen LogP contribution in [0.25, 0.3) is 16.6 Å². The number of benzene rings is 2. The third-order valence-electron chi connectivity index (χ3n) is 2.85. The molecule has 1 aromatic heterocycles. The number of nitrogens with zero attached hydrogens (tertiary/aromatic N) is 2. The quantitative estimate of drug-likeness (QED) is 0.787. The lowest BCUT2D eigenvalue weighted by Gasteiger charge is -2.06. The SMILES string of the molecule is O=C(O)c1cc(Br)cc(-n2ncc3ccccc32)c1. The molecule has 0 spiro atoms. The minimum Gasteiger partial charge on any atom is -0.478 e. The molecule has 2 aromatic carbocycles. The van der Waals surface area contributed by atoms with Crippen LogP contribution in [-0.2, 0) is 0 Å². The molecule has 1 N–H and O–H groups in total. The van der Waals surface area contributed by atoms with Gasteiger partial charge in [-0.15, -0.1) is 0 Å². The first-order valence-electron chi connectivity index (χ1n) is 5.62. The third-order valence-corrected chi connectivity index (χ3v) is 3.31. The standard InChI is InChI=1S/C14H9BrN2O2/c15-11-5-10(14(18)19)6-12(7-11)17-13-4-2-1-3-9(13)8-16-17/h1-8H,(H,18,19). The zero-order valence-electron chi connectivity index (χ0n) is 9.75. The summed E-state index contributed by atoms with van der Waals surface area (Å²) in [6.45, 7) is 0. The van der Waals surface area contributed by atoms with Gasteiger partial charge in [0, 0.05) is 9.86 Å². The first-order valence-corrected chi connectivity index (χ1v) is 6.41. The molecular formula is C14H9BrN2O2. The van der Waals surface area contributed by atoms with Crippen LogP contribution in [0.3, 0.4) is 0 Å². The van der Waals surface area contributed by atoms with Gasteiger partial charge in [0.25, 0.3) is 0 Å². The van der Waals surface area contributed by atoms with Crippen LogP contribution in [0.15, 0.2) is 53.1 Å². The van der Waals surface area contributed by atoms with Gasteiger partial charge in [-0.05, 0) is 24.3 Å². The lowest BCUT2D eigenvalue weighted by atomic mass is 10.2. The molecule has 3 rings (SSSR count). The Morgan fingerprint density at radius 2 is 2.00 bits per heavy atom. The summed E-state index contributed by atoms with van der Waals surface area (Å²) in [6.07, 6.45) is 1.76. The smallest absolute Gasteiger partial charge is 0.335 e. The van der Waals surface area contributed by atoms with Gasteiger partial charge in [0.2, 0.25) is 0 Å². The van der Waals surface area contributed by atoms with Gasteiger partial charge in [-0.1, -0.05) is 34.1 Å². The van der Waals surface area contributed by atoms with Crippen molar-refractivity contribution in [3.8, 4) is 5.69 Å². The van der Waals surface area contributed by atoms with Crippen molar-refractivity contribution in [2.24, 2.45) is 0 Å². The highest BCUT2D eigenvalue weighted by Crippen LogP contribution is 2.22. The number of halogens is 1. The maximum absolute atomic E-state index is 11.1. The fourth-order valence-corrected chi connectivity index (χ4v) is 2.48. The Morgan fingerprint density at radius 3 is 2.79 bits per heavy atom. The fraction of sp³-hybridized carbons (Fsp3) is 0. The van der Waals surface area contributed by atoms with Gasteiger partial charge < -0.3 is 5.11 Å².